The molecule has 0 amide bonds. The topological polar surface area (TPSA) is 18.5 Å². The summed E-state index contributed by atoms with van der Waals surface area (Å²) in [6, 6.07) is 0. The minimum absolute atomic E-state index is 0.296. The summed E-state index contributed by atoms with van der Waals surface area (Å²) in [7, 11) is 6.03. The smallest absolute Gasteiger partial charge is 0.154 e. The van der Waals surface area contributed by atoms with Crippen LogP contribution < -0.4 is 0 Å². The Bertz CT molecular complexity index is 161. The highest BCUT2D eigenvalue weighted by atomic mass is 16.7. The maximum atomic E-state index is 6.03. The van der Waals surface area contributed by atoms with Crippen LogP contribution in [0.1, 0.15) is 54.9 Å². The van der Waals surface area contributed by atoms with Crippen LogP contribution in [0.3, 0.4) is 0 Å². The fourth-order valence-electron chi connectivity index (χ4n) is 1.20. The van der Waals surface area contributed by atoms with Crippen LogP contribution in [0.2, 0.25) is 0 Å². The molecule has 0 aromatic rings. The minimum atomic E-state index is -0.990. The molecule has 0 fully saturated rings. The monoisotopic (exact) mass is 198 g/mol. The maximum Gasteiger partial charge on any atom is 0.154 e. The second kappa shape index (κ2) is 4.24. The van der Waals surface area contributed by atoms with Crippen molar-refractivity contribution in [1.29, 1.82) is 0 Å². The molecule has 0 aromatic heterocycles. The summed E-state index contributed by atoms with van der Waals surface area (Å²) in [6.45, 7) is 13.8. The van der Waals surface area contributed by atoms with Crippen molar-refractivity contribution in [2.24, 2.45) is 0 Å². The highest BCUT2D eigenvalue weighted by molar-refractivity contribution is 6.13. The second-order valence-corrected chi connectivity index (χ2v) is 5.59. The van der Waals surface area contributed by atoms with Crippen molar-refractivity contribution in [3.8, 4) is 0 Å². The highest BCUT2D eigenvalue weighted by Gasteiger charge is 2.33. The predicted octanol–water partition coefficient (Wildman–Crippen LogP) is 2.85. The van der Waals surface area contributed by atoms with Crippen molar-refractivity contribution in [2.45, 2.75) is 71.8 Å². The summed E-state index contributed by atoms with van der Waals surface area (Å²) < 4.78 is 11.4. The third kappa shape index (κ3) is 6.44. The quantitative estimate of drug-likeness (QED) is 0.512. The zero-order valence-corrected chi connectivity index (χ0v) is 10.6. The molecule has 0 aromatic carbocycles. The van der Waals surface area contributed by atoms with E-state index in [0.29, 0.717) is 6.42 Å². The van der Waals surface area contributed by atoms with Gasteiger partial charge in [-0.1, -0.05) is 6.92 Å². The van der Waals surface area contributed by atoms with E-state index in [9.17, 15) is 0 Å². The third-order valence-corrected chi connectivity index (χ3v) is 1.45. The van der Waals surface area contributed by atoms with Crippen LogP contribution in [0.25, 0.3) is 0 Å². The first-order valence-corrected chi connectivity index (χ1v) is 5.17. The first kappa shape index (κ1) is 14.0. The van der Waals surface area contributed by atoms with E-state index in [1.807, 2.05) is 48.5 Å². The molecule has 0 unspecified atom stereocenters. The van der Waals surface area contributed by atoms with Gasteiger partial charge in [-0.2, -0.15) is 0 Å². The highest BCUT2D eigenvalue weighted by Crippen LogP contribution is 2.26. The van der Waals surface area contributed by atoms with Gasteiger partial charge in [-0.05, 0) is 48.0 Å². The van der Waals surface area contributed by atoms with Gasteiger partial charge in [0.2, 0.25) is 0 Å². The average Bonchev–Trinajstić information content (AvgIpc) is 1.78. The van der Waals surface area contributed by atoms with Gasteiger partial charge in [-0.25, -0.2) is 0 Å². The molecular weight excluding hydrogens is 175 g/mol. The Morgan fingerprint density at radius 1 is 0.857 bits per heavy atom. The summed E-state index contributed by atoms with van der Waals surface area (Å²) in [6.07, 6.45) is 0.627. The molecule has 0 bridgehead atoms. The Morgan fingerprint density at radius 2 is 1.14 bits per heavy atom. The summed E-state index contributed by atoms with van der Waals surface area (Å²) in [4.78, 5) is 0. The Balaban J connectivity index is 4.49. The predicted molar refractivity (Wildman–Crippen MR) is 60.5 cm³/mol. The average molecular weight is 198 g/mol. The Morgan fingerprint density at radius 3 is 1.29 bits per heavy atom. The zero-order chi connectivity index (χ0) is 11.6. The molecule has 0 saturated carbocycles. The van der Waals surface area contributed by atoms with E-state index >= 15 is 0 Å². The lowest BCUT2D eigenvalue weighted by Gasteiger charge is -2.41. The number of rotatable bonds is 3. The number of hydrogen-bond donors (Lipinski definition) is 0. The maximum absolute atomic E-state index is 6.03. The lowest BCUT2D eigenvalue weighted by molar-refractivity contribution is -0.264. The SMILES string of the molecule is [B]C(CC)(OC(C)(C)C)OC(C)(C)C. The van der Waals surface area contributed by atoms with E-state index in [2.05, 4.69) is 0 Å². The largest absolute Gasteiger partial charge is 0.354 e. The van der Waals surface area contributed by atoms with Crippen LogP contribution in [0.4, 0.5) is 0 Å². The second-order valence-electron chi connectivity index (χ2n) is 5.59. The Labute approximate surface area is 89.8 Å². The van der Waals surface area contributed by atoms with Gasteiger partial charge in [0.15, 0.2) is 7.85 Å². The zero-order valence-electron chi connectivity index (χ0n) is 10.6. The summed E-state index contributed by atoms with van der Waals surface area (Å²) >= 11 is 0. The molecule has 0 aliphatic heterocycles. The van der Waals surface area contributed by atoms with Gasteiger partial charge in [-0.3, -0.25) is 0 Å². The molecule has 2 radical (unpaired) electrons. The lowest BCUT2D eigenvalue weighted by Crippen LogP contribution is -2.47. The van der Waals surface area contributed by atoms with E-state index in [4.69, 9.17) is 17.3 Å². The molecule has 3 heteroatoms. The number of ether oxygens (including phenoxy) is 2. The fourth-order valence-corrected chi connectivity index (χ4v) is 1.20. The molecule has 0 atom stereocenters. The standard InChI is InChI=1S/C11H23BO2/c1-8-11(12,13-9(2,3)4)14-10(5,6)7/h8H2,1-7H3. The van der Waals surface area contributed by atoms with Crippen molar-refractivity contribution >= 4 is 7.85 Å². The summed E-state index contributed by atoms with van der Waals surface area (Å²) in [5.41, 5.74) is -1.58. The van der Waals surface area contributed by atoms with Gasteiger partial charge in [0.1, 0.15) is 5.69 Å². The van der Waals surface area contributed by atoms with E-state index in [1.165, 1.54) is 0 Å². The molecule has 14 heavy (non-hydrogen) atoms. The van der Waals surface area contributed by atoms with Crippen LogP contribution in [0.5, 0.6) is 0 Å². The van der Waals surface area contributed by atoms with Gasteiger partial charge < -0.3 is 9.47 Å². The van der Waals surface area contributed by atoms with Crippen molar-refractivity contribution in [2.75, 3.05) is 0 Å². The Hall–Kier alpha value is -0.0151. The van der Waals surface area contributed by atoms with Gasteiger partial charge in [0, 0.05) is 0 Å². The molecule has 0 N–H and O–H groups in total. The van der Waals surface area contributed by atoms with Crippen molar-refractivity contribution in [3.63, 3.8) is 0 Å². The molecule has 0 heterocycles. The van der Waals surface area contributed by atoms with Gasteiger partial charge in [0.05, 0.1) is 11.2 Å². The van der Waals surface area contributed by atoms with Crippen LogP contribution in [0, 0.1) is 0 Å². The normalized spacial score (nSPS) is 14.5. The van der Waals surface area contributed by atoms with Crippen LogP contribution in [0.15, 0.2) is 0 Å². The van der Waals surface area contributed by atoms with Gasteiger partial charge in [0.25, 0.3) is 0 Å². The van der Waals surface area contributed by atoms with Crippen molar-refractivity contribution in [1.82, 2.24) is 0 Å². The lowest BCUT2D eigenvalue weighted by atomic mass is 9.89. The first-order chi connectivity index (χ1) is 5.97. The minimum Gasteiger partial charge on any atom is -0.354 e. The summed E-state index contributed by atoms with van der Waals surface area (Å²) in [5.74, 6) is 0. The van der Waals surface area contributed by atoms with E-state index in [-0.39, 0.29) is 11.2 Å². The molecule has 82 valence electrons. The summed E-state index contributed by atoms with van der Waals surface area (Å²) in [5, 5.41) is 0. The van der Waals surface area contributed by atoms with E-state index < -0.39 is 5.69 Å². The van der Waals surface area contributed by atoms with Crippen LogP contribution >= 0.6 is 0 Å². The van der Waals surface area contributed by atoms with Crippen molar-refractivity contribution in [3.05, 3.63) is 0 Å². The van der Waals surface area contributed by atoms with Gasteiger partial charge in [-0.15, -0.1) is 0 Å². The van der Waals surface area contributed by atoms with Crippen molar-refractivity contribution < 1.29 is 9.47 Å². The van der Waals surface area contributed by atoms with E-state index in [0.717, 1.165) is 0 Å². The first-order valence-electron chi connectivity index (χ1n) is 5.17. The molecule has 0 saturated heterocycles. The molecule has 0 aliphatic carbocycles. The molecule has 0 rings (SSSR count). The number of hydrogen-bond acceptors (Lipinski definition) is 2. The molecular formula is C11H23BO2. The molecule has 2 nitrogen and oxygen atoms in total. The van der Waals surface area contributed by atoms with Gasteiger partial charge >= 0.3 is 0 Å². The molecule has 0 aliphatic rings. The fraction of sp³-hybridized carbons (Fsp3) is 1.00. The Kier molecular flexibility index (Phi) is 4.23. The van der Waals surface area contributed by atoms with E-state index in [1.54, 1.807) is 0 Å². The third-order valence-electron chi connectivity index (χ3n) is 1.45. The van der Waals surface area contributed by atoms with Crippen LogP contribution in [-0.4, -0.2) is 24.7 Å². The van der Waals surface area contributed by atoms with Crippen LogP contribution in [-0.2, 0) is 9.47 Å². The molecule has 0 spiro atoms.